The minimum atomic E-state index is -0.466. The molecule has 1 aromatic rings. The van der Waals surface area contributed by atoms with E-state index in [1.165, 1.54) is 0 Å². The zero-order chi connectivity index (χ0) is 16.9. The number of carbonyl (C=O) groups is 2. The first-order valence-corrected chi connectivity index (χ1v) is 7.68. The van der Waals surface area contributed by atoms with Crippen LogP contribution in [0.15, 0.2) is 6.20 Å². The maximum absolute atomic E-state index is 11.3. The van der Waals surface area contributed by atoms with Crippen LogP contribution in [0.2, 0.25) is 0 Å². The lowest BCUT2D eigenvalue weighted by Gasteiger charge is -2.05. The van der Waals surface area contributed by atoms with Crippen molar-refractivity contribution in [1.82, 2.24) is 20.3 Å². The average Bonchev–Trinajstić information content (AvgIpc) is 3.01. The number of hydrogen-bond acceptors (Lipinski definition) is 7. The second kappa shape index (κ2) is 11.4. The Hall–Kier alpha value is -2.16. The standard InChI is InChI=1S/C14H24N4O5/c1-3-6-23-14(20)15-10-12-11-18(17-16-12)5-7-21-8-9-22-13(19)4-2/h11H,3-10H2,1-2H3,(H,15,20). The normalized spacial score (nSPS) is 10.3. The van der Waals surface area contributed by atoms with Gasteiger partial charge in [-0.2, -0.15) is 0 Å². The molecule has 0 bridgehead atoms. The van der Waals surface area contributed by atoms with Crippen molar-refractivity contribution >= 4 is 12.1 Å². The molecular weight excluding hydrogens is 304 g/mol. The molecule has 0 aliphatic rings. The topological polar surface area (TPSA) is 105 Å². The zero-order valence-electron chi connectivity index (χ0n) is 13.6. The number of alkyl carbamates (subject to hydrolysis) is 1. The number of ether oxygens (including phenoxy) is 3. The number of rotatable bonds is 11. The number of nitrogens with zero attached hydrogens (tertiary/aromatic N) is 3. The first-order valence-electron chi connectivity index (χ1n) is 7.68. The lowest BCUT2D eigenvalue weighted by atomic mass is 10.5. The molecule has 23 heavy (non-hydrogen) atoms. The molecule has 1 heterocycles. The largest absolute Gasteiger partial charge is 0.463 e. The van der Waals surface area contributed by atoms with E-state index < -0.39 is 6.09 Å². The van der Waals surface area contributed by atoms with Crippen molar-refractivity contribution in [3.63, 3.8) is 0 Å². The highest BCUT2D eigenvalue weighted by Gasteiger charge is 2.05. The molecule has 9 nitrogen and oxygen atoms in total. The fourth-order valence-electron chi connectivity index (χ4n) is 1.51. The number of carbonyl (C=O) groups excluding carboxylic acids is 2. The van der Waals surface area contributed by atoms with E-state index in [9.17, 15) is 9.59 Å². The second-order valence-electron chi connectivity index (χ2n) is 4.65. The molecule has 0 saturated heterocycles. The molecule has 0 aromatic carbocycles. The predicted octanol–water partition coefficient (Wildman–Crippen LogP) is 0.884. The quantitative estimate of drug-likeness (QED) is 0.475. The number of aromatic nitrogens is 3. The Kier molecular flexibility index (Phi) is 9.37. The Morgan fingerprint density at radius 3 is 2.74 bits per heavy atom. The van der Waals surface area contributed by atoms with Gasteiger partial charge in [0.25, 0.3) is 0 Å². The monoisotopic (exact) mass is 328 g/mol. The number of esters is 1. The first kappa shape index (κ1) is 18.9. The van der Waals surface area contributed by atoms with Crippen molar-refractivity contribution in [2.45, 2.75) is 39.8 Å². The minimum Gasteiger partial charge on any atom is -0.463 e. The van der Waals surface area contributed by atoms with E-state index in [-0.39, 0.29) is 19.1 Å². The third kappa shape index (κ3) is 8.77. The van der Waals surface area contributed by atoms with Gasteiger partial charge in [-0.3, -0.25) is 4.79 Å². The Labute approximate surface area is 135 Å². The number of amides is 1. The average molecular weight is 328 g/mol. The van der Waals surface area contributed by atoms with Crippen molar-refractivity contribution < 1.29 is 23.8 Å². The molecule has 0 spiro atoms. The molecule has 0 aliphatic heterocycles. The van der Waals surface area contributed by atoms with Gasteiger partial charge in [0.05, 0.1) is 39.1 Å². The maximum Gasteiger partial charge on any atom is 0.407 e. The van der Waals surface area contributed by atoms with Crippen LogP contribution in [0.1, 0.15) is 32.4 Å². The molecule has 9 heteroatoms. The number of nitrogens with one attached hydrogen (secondary N) is 1. The Balaban J connectivity index is 2.11. The van der Waals surface area contributed by atoms with Crippen LogP contribution in [0.3, 0.4) is 0 Å². The van der Waals surface area contributed by atoms with E-state index in [1.54, 1.807) is 17.8 Å². The van der Waals surface area contributed by atoms with Gasteiger partial charge in [-0.25, -0.2) is 9.48 Å². The van der Waals surface area contributed by atoms with Gasteiger partial charge in [-0.05, 0) is 6.42 Å². The van der Waals surface area contributed by atoms with Gasteiger partial charge >= 0.3 is 12.1 Å². The van der Waals surface area contributed by atoms with Gasteiger partial charge in [0.15, 0.2) is 0 Å². The van der Waals surface area contributed by atoms with Crippen LogP contribution < -0.4 is 5.32 Å². The van der Waals surface area contributed by atoms with Crippen molar-refractivity contribution in [2.24, 2.45) is 0 Å². The molecule has 0 unspecified atom stereocenters. The molecule has 0 aliphatic carbocycles. The summed E-state index contributed by atoms with van der Waals surface area (Å²) >= 11 is 0. The lowest BCUT2D eigenvalue weighted by molar-refractivity contribution is -0.144. The first-order chi connectivity index (χ1) is 11.2. The fourth-order valence-corrected chi connectivity index (χ4v) is 1.51. The molecule has 1 rings (SSSR count). The second-order valence-corrected chi connectivity index (χ2v) is 4.65. The van der Waals surface area contributed by atoms with Crippen LogP contribution in [0.5, 0.6) is 0 Å². The number of hydrogen-bond donors (Lipinski definition) is 1. The van der Waals surface area contributed by atoms with Crippen LogP contribution >= 0.6 is 0 Å². The summed E-state index contributed by atoms with van der Waals surface area (Å²) in [5.41, 5.74) is 0.635. The summed E-state index contributed by atoms with van der Waals surface area (Å²) < 4.78 is 16.7. The molecule has 0 radical (unpaired) electrons. The Morgan fingerprint density at radius 2 is 2.00 bits per heavy atom. The van der Waals surface area contributed by atoms with Crippen molar-refractivity contribution in [1.29, 1.82) is 0 Å². The summed E-state index contributed by atoms with van der Waals surface area (Å²) in [7, 11) is 0. The van der Waals surface area contributed by atoms with Gasteiger partial charge < -0.3 is 19.5 Å². The molecule has 1 N–H and O–H groups in total. The van der Waals surface area contributed by atoms with E-state index in [0.717, 1.165) is 6.42 Å². The van der Waals surface area contributed by atoms with E-state index in [1.807, 2.05) is 6.92 Å². The van der Waals surface area contributed by atoms with Gasteiger partial charge in [0.1, 0.15) is 12.3 Å². The highest BCUT2D eigenvalue weighted by Crippen LogP contribution is 1.94. The van der Waals surface area contributed by atoms with Crippen LogP contribution in [0.25, 0.3) is 0 Å². The van der Waals surface area contributed by atoms with Gasteiger partial charge in [-0.1, -0.05) is 19.1 Å². The molecule has 0 atom stereocenters. The summed E-state index contributed by atoms with van der Waals surface area (Å²) in [5.74, 6) is -0.237. The van der Waals surface area contributed by atoms with Crippen LogP contribution in [0, 0.1) is 0 Å². The maximum atomic E-state index is 11.3. The van der Waals surface area contributed by atoms with Crippen molar-refractivity contribution in [2.75, 3.05) is 26.4 Å². The van der Waals surface area contributed by atoms with E-state index in [0.29, 0.717) is 38.5 Å². The molecule has 0 saturated carbocycles. The predicted molar refractivity (Wildman–Crippen MR) is 80.6 cm³/mol. The van der Waals surface area contributed by atoms with E-state index in [2.05, 4.69) is 15.6 Å². The van der Waals surface area contributed by atoms with E-state index >= 15 is 0 Å². The van der Waals surface area contributed by atoms with E-state index in [4.69, 9.17) is 14.2 Å². The summed E-state index contributed by atoms with van der Waals surface area (Å²) in [4.78, 5) is 22.2. The van der Waals surface area contributed by atoms with Gasteiger partial charge in [0.2, 0.25) is 0 Å². The molecule has 130 valence electrons. The minimum absolute atomic E-state index is 0.237. The van der Waals surface area contributed by atoms with Crippen molar-refractivity contribution in [3.8, 4) is 0 Å². The Morgan fingerprint density at radius 1 is 1.17 bits per heavy atom. The summed E-state index contributed by atoms with van der Waals surface area (Å²) in [5, 5.41) is 10.5. The molecule has 1 aromatic heterocycles. The van der Waals surface area contributed by atoms with Crippen molar-refractivity contribution in [3.05, 3.63) is 11.9 Å². The summed E-state index contributed by atoms with van der Waals surface area (Å²) in [6.07, 6.45) is 2.40. The third-order valence-corrected chi connectivity index (χ3v) is 2.68. The van der Waals surface area contributed by atoms with Gasteiger partial charge in [-0.15, -0.1) is 5.10 Å². The fraction of sp³-hybridized carbons (Fsp3) is 0.714. The lowest BCUT2D eigenvalue weighted by Crippen LogP contribution is -2.24. The molecule has 0 fully saturated rings. The summed E-state index contributed by atoms with van der Waals surface area (Å²) in [6, 6.07) is 0. The highest BCUT2D eigenvalue weighted by molar-refractivity contribution is 5.68. The van der Waals surface area contributed by atoms with Crippen LogP contribution in [-0.2, 0) is 32.1 Å². The third-order valence-electron chi connectivity index (χ3n) is 2.68. The summed E-state index contributed by atoms with van der Waals surface area (Å²) in [6.45, 7) is 5.86. The van der Waals surface area contributed by atoms with Crippen LogP contribution in [-0.4, -0.2) is 53.5 Å². The highest BCUT2D eigenvalue weighted by atomic mass is 16.6. The molecular formula is C14H24N4O5. The zero-order valence-corrected chi connectivity index (χ0v) is 13.6. The SMILES string of the molecule is CCCOC(=O)NCc1cn(CCOCCOC(=O)CC)nn1. The molecule has 1 amide bonds. The van der Waals surface area contributed by atoms with Crippen LogP contribution in [0.4, 0.5) is 4.79 Å². The Bertz CT molecular complexity index is 477. The smallest absolute Gasteiger partial charge is 0.407 e. The van der Waals surface area contributed by atoms with Gasteiger partial charge in [0, 0.05) is 6.42 Å².